The van der Waals surface area contributed by atoms with E-state index in [1.165, 1.54) is 0 Å². The van der Waals surface area contributed by atoms with Gasteiger partial charge in [0.15, 0.2) is 4.67 Å². The molecule has 3 nitrogen and oxygen atoms in total. The fourth-order valence-electron chi connectivity index (χ4n) is 3.07. The van der Waals surface area contributed by atoms with Gasteiger partial charge in [0.25, 0.3) is 0 Å². The molecule has 1 aliphatic heterocycles. The first kappa shape index (κ1) is 17.8. The van der Waals surface area contributed by atoms with Crippen LogP contribution < -0.4 is 0 Å². The molecule has 1 aromatic carbocycles. The van der Waals surface area contributed by atoms with Crippen LogP contribution in [0.1, 0.15) is 37.2 Å². The minimum atomic E-state index is -0.681. The van der Waals surface area contributed by atoms with E-state index >= 15 is 0 Å². The van der Waals surface area contributed by atoms with Crippen LogP contribution in [0.15, 0.2) is 33.4 Å². The van der Waals surface area contributed by atoms with E-state index in [-0.39, 0.29) is 5.91 Å². The summed E-state index contributed by atoms with van der Waals surface area (Å²) < 4.78 is 6.37. The molecule has 0 aliphatic carbocycles. The third kappa shape index (κ3) is 3.37. The summed E-state index contributed by atoms with van der Waals surface area (Å²) in [6.07, 6.45) is 1.73. The standard InChI is InChI=1S/C18H18BrCl2NO2/c1-18(2,12-5-6-13(20)14(21)9-12)17(23)22-7-3-4-15-11(10-22)8-16(19)24-15/h5-6,8-9H,3-4,7,10H2,1-2H3. The molecule has 24 heavy (non-hydrogen) atoms. The Balaban J connectivity index is 1.88. The molecule has 0 N–H and O–H groups in total. The van der Waals surface area contributed by atoms with Gasteiger partial charge in [-0.05, 0) is 60.0 Å². The molecule has 0 atom stereocenters. The monoisotopic (exact) mass is 429 g/mol. The SMILES string of the molecule is CC(C)(C(=O)N1CCCc2oc(Br)cc2C1)c1ccc(Cl)c(Cl)c1. The van der Waals surface area contributed by atoms with Gasteiger partial charge in [-0.2, -0.15) is 0 Å². The highest BCUT2D eigenvalue weighted by Gasteiger charge is 2.35. The highest BCUT2D eigenvalue weighted by atomic mass is 79.9. The largest absolute Gasteiger partial charge is 0.454 e. The minimum absolute atomic E-state index is 0.0751. The van der Waals surface area contributed by atoms with Gasteiger partial charge in [-0.1, -0.05) is 29.3 Å². The van der Waals surface area contributed by atoms with E-state index in [4.69, 9.17) is 27.6 Å². The first-order valence-electron chi connectivity index (χ1n) is 7.81. The second-order valence-corrected chi connectivity index (χ2v) is 8.18. The van der Waals surface area contributed by atoms with Gasteiger partial charge in [0.05, 0.1) is 15.5 Å². The summed E-state index contributed by atoms with van der Waals surface area (Å²) in [5.74, 6) is 1.04. The molecule has 1 amide bonds. The number of hydrogen-bond acceptors (Lipinski definition) is 2. The highest BCUT2D eigenvalue weighted by Crippen LogP contribution is 2.33. The number of aryl methyl sites for hydroxylation is 1. The highest BCUT2D eigenvalue weighted by molar-refractivity contribution is 9.10. The summed E-state index contributed by atoms with van der Waals surface area (Å²) in [5.41, 5.74) is 1.25. The number of carbonyl (C=O) groups is 1. The van der Waals surface area contributed by atoms with E-state index in [1.54, 1.807) is 12.1 Å². The summed E-state index contributed by atoms with van der Waals surface area (Å²) in [6, 6.07) is 7.33. The van der Waals surface area contributed by atoms with Gasteiger partial charge in [0.1, 0.15) is 5.76 Å². The zero-order valence-corrected chi connectivity index (χ0v) is 16.6. The number of rotatable bonds is 2. The van der Waals surface area contributed by atoms with Crippen LogP contribution in [0.5, 0.6) is 0 Å². The van der Waals surface area contributed by atoms with Crippen molar-refractivity contribution in [3.63, 3.8) is 0 Å². The summed E-state index contributed by atoms with van der Waals surface area (Å²) in [6.45, 7) is 5.12. The third-order valence-electron chi connectivity index (χ3n) is 4.52. The molecule has 2 heterocycles. The van der Waals surface area contributed by atoms with Crippen molar-refractivity contribution >= 4 is 45.0 Å². The van der Waals surface area contributed by atoms with E-state index in [1.807, 2.05) is 30.9 Å². The molecular weight excluding hydrogens is 413 g/mol. The lowest BCUT2D eigenvalue weighted by Crippen LogP contribution is -2.43. The van der Waals surface area contributed by atoms with Crippen LogP contribution in [-0.2, 0) is 23.2 Å². The van der Waals surface area contributed by atoms with Gasteiger partial charge in [-0.3, -0.25) is 4.79 Å². The van der Waals surface area contributed by atoms with Gasteiger partial charge < -0.3 is 9.32 Å². The number of fused-ring (bicyclic) bond motifs is 1. The molecule has 2 aromatic rings. The summed E-state index contributed by atoms with van der Waals surface area (Å²) in [5, 5.41) is 0.957. The van der Waals surface area contributed by atoms with E-state index in [0.717, 1.165) is 29.7 Å². The molecule has 0 fully saturated rings. The van der Waals surface area contributed by atoms with Crippen molar-refractivity contribution in [2.45, 2.75) is 38.6 Å². The minimum Gasteiger partial charge on any atom is -0.454 e. The lowest BCUT2D eigenvalue weighted by Gasteiger charge is -2.32. The number of halogens is 3. The van der Waals surface area contributed by atoms with Gasteiger partial charge in [-0.15, -0.1) is 0 Å². The van der Waals surface area contributed by atoms with Crippen LogP contribution in [-0.4, -0.2) is 17.4 Å². The van der Waals surface area contributed by atoms with Crippen LogP contribution in [0.2, 0.25) is 10.0 Å². The smallest absolute Gasteiger partial charge is 0.232 e. The molecule has 0 saturated heterocycles. The van der Waals surface area contributed by atoms with E-state index in [0.29, 0.717) is 27.8 Å². The van der Waals surface area contributed by atoms with E-state index < -0.39 is 5.41 Å². The fraction of sp³-hybridized carbons (Fsp3) is 0.389. The number of furan rings is 1. The fourth-order valence-corrected chi connectivity index (χ4v) is 3.84. The van der Waals surface area contributed by atoms with Crippen molar-refractivity contribution in [1.82, 2.24) is 4.90 Å². The summed E-state index contributed by atoms with van der Waals surface area (Å²) in [7, 11) is 0. The Kier molecular flexibility index (Phi) is 5.01. The predicted octanol–water partition coefficient (Wildman–Crippen LogP) is 5.60. The Morgan fingerprint density at radius 3 is 2.71 bits per heavy atom. The van der Waals surface area contributed by atoms with Crippen LogP contribution >= 0.6 is 39.1 Å². The second-order valence-electron chi connectivity index (χ2n) is 6.58. The third-order valence-corrected chi connectivity index (χ3v) is 5.65. The quantitative estimate of drug-likeness (QED) is 0.621. The van der Waals surface area contributed by atoms with Gasteiger partial charge in [-0.25, -0.2) is 0 Å². The van der Waals surface area contributed by atoms with Crippen molar-refractivity contribution in [3.8, 4) is 0 Å². The first-order chi connectivity index (χ1) is 11.3. The molecule has 1 aliphatic rings. The molecule has 128 valence electrons. The average Bonchev–Trinajstić information content (AvgIpc) is 2.76. The number of benzene rings is 1. The van der Waals surface area contributed by atoms with E-state index in [2.05, 4.69) is 15.9 Å². The summed E-state index contributed by atoms with van der Waals surface area (Å²) >= 11 is 15.5. The Labute approximate surface area is 160 Å². The number of carbonyl (C=O) groups excluding carboxylic acids is 1. The maximum atomic E-state index is 13.2. The zero-order chi connectivity index (χ0) is 17.5. The lowest BCUT2D eigenvalue weighted by molar-refractivity contribution is -0.136. The number of nitrogens with zero attached hydrogens (tertiary/aromatic N) is 1. The Hall–Kier alpha value is -0.970. The first-order valence-corrected chi connectivity index (χ1v) is 9.36. The van der Waals surface area contributed by atoms with Crippen molar-refractivity contribution in [2.75, 3.05) is 6.54 Å². The van der Waals surface area contributed by atoms with Crippen molar-refractivity contribution in [1.29, 1.82) is 0 Å². The number of amides is 1. The molecule has 0 spiro atoms. The number of hydrogen-bond donors (Lipinski definition) is 0. The molecule has 3 rings (SSSR count). The topological polar surface area (TPSA) is 33.5 Å². The summed E-state index contributed by atoms with van der Waals surface area (Å²) in [4.78, 5) is 15.1. The zero-order valence-electron chi connectivity index (χ0n) is 13.5. The Morgan fingerprint density at radius 1 is 1.25 bits per heavy atom. The van der Waals surface area contributed by atoms with Gasteiger partial charge >= 0.3 is 0 Å². The van der Waals surface area contributed by atoms with Crippen LogP contribution in [0, 0.1) is 0 Å². The average molecular weight is 431 g/mol. The van der Waals surface area contributed by atoms with Crippen molar-refractivity contribution < 1.29 is 9.21 Å². The van der Waals surface area contributed by atoms with Crippen LogP contribution in [0.25, 0.3) is 0 Å². The molecule has 0 bridgehead atoms. The van der Waals surface area contributed by atoms with Gasteiger partial charge in [0, 0.05) is 25.1 Å². The van der Waals surface area contributed by atoms with Crippen LogP contribution in [0.4, 0.5) is 0 Å². The predicted molar refractivity (Wildman–Crippen MR) is 99.6 cm³/mol. The Morgan fingerprint density at radius 2 is 2.00 bits per heavy atom. The normalized spacial score (nSPS) is 15.1. The van der Waals surface area contributed by atoms with Crippen molar-refractivity contribution in [2.24, 2.45) is 0 Å². The molecule has 0 saturated carbocycles. The molecule has 0 unspecified atom stereocenters. The molecule has 0 radical (unpaired) electrons. The molecule has 6 heteroatoms. The van der Waals surface area contributed by atoms with Crippen molar-refractivity contribution in [3.05, 3.63) is 55.9 Å². The lowest BCUT2D eigenvalue weighted by atomic mass is 9.83. The van der Waals surface area contributed by atoms with E-state index in [9.17, 15) is 4.79 Å². The maximum Gasteiger partial charge on any atom is 0.232 e. The Bertz CT molecular complexity index is 785. The second kappa shape index (κ2) is 6.74. The maximum absolute atomic E-state index is 13.2. The molecule has 1 aromatic heterocycles. The van der Waals surface area contributed by atoms with Gasteiger partial charge in [0.2, 0.25) is 5.91 Å². The van der Waals surface area contributed by atoms with Crippen LogP contribution in [0.3, 0.4) is 0 Å². The molecular formula is C18H18BrCl2NO2.